The molecule has 5 aliphatic rings. The van der Waals surface area contributed by atoms with Crippen molar-refractivity contribution in [3.8, 4) is 0 Å². The van der Waals surface area contributed by atoms with Crippen LogP contribution < -0.4 is 10.6 Å². The van der Waals surface area contributed by atoms with Crippen molar-refractivity contribution in [2.45, 2.75) is 76.5 Å². The van der Waals surface area contributed by atoms with E-state index in [2.05, 4.69) is 29.4 Å². The monoisotopic (exact) mass is 363 g/mol. The van der Waals surface area contributed by atoms with E-state index in [0.29, 0.717) is 13.0 Å². The van der Waals surface area contributed by atoms with Gasteiger partial charge in [-0.3, -0.25) is 15.0 Å². The number of nitrogens with zero attached hydrogens (tertiary/aromatic N) is 1. The fourth-order valence-electron chi connectivity index (χ4n) is 6.45. The fourth-order valence-corrected chi connectivity index (χ4v) is 6.45. The molecule has 0 aromatic heterocycles. The number of urea groups is 1. The van der Waals surface area contributed by atoms with Crippen LogP contribution in [0.1, 0.15) is 58.8 Å². The van der Waals surface area contributed by atoms with Crippen LogP contribution in [0.3, 0.4) is 0 Å². The van der Waals surface area contributed by atoms with Crippen LogP contribution in [0.5, 0.6) is 0 Å². The standard InChI is InChI=1S/C20H33N3O3/c1-13-11-23(12-14(2)26-13)4-3-18(24)21-19(25)22-20-8-15-5-16(9-20)7-17(6-15)10-20/h13-17H,3-12H2,1-2H3,(H2,21,22,24,25)/t13-,14-,15?,16?,17?,20?/m0/s1. The van der Waals surface area contributed by atoms with Gasteiger partial charge in [0.2, 0.25) is 5.91 Å². The minimum Gasteiger partial charge on any atom is -0.373 e. The number of amides is 3. The average Bonchev–Trinajstić information content (AvgIpc) is 2.50. The molecule has 0 spiro atoms. The number of morpholine rings is 1. The molecule has 0 radical (unpaired) electrons. The molecule has 1 heterocycles. The van der Waals surface area contributed by atoms with E-state index >= 15 is 0 Å². The van der Waals surface area contributed by atoms with Crippen molar-refractivity contribution in [2.24, 2.45) is 17.8 Å². The molecule has 1 saturated heterocycles. The average molecular weight is 364 g/mol. The molecule has 3 amide bonds. The van der Waals surface area contributed by atoms with Gasteiger partial charge in [0, 0.05) is 31.6 Å². The fraction of sp³-hybridized carbons (Fsp3) is 0.900. The quantitative estimate of drug-likeness (QED) is 0.804. The van der Waals surface area contributed by atoms with Gasteiger partial charge in [-0.15, -0.1) is 0 Å². The Morgan fingerprint density at radius 3 is 2.08 bits per heavy atom. The van der Waals surface area contributed by atoms with Gasteiger partial charge in [0.25, 0.3) is 0 Å². The third-order valence-electron chi connectivity index (χ3n) is 6.82. The summed E-state index contributed by atoms with van der Waals surface area (Å²) in [6.07, 6.45) is 8.09. The van der Waals surface area contributed by atoms with E-state index < -0.39 is 0 Å². The SMILES string of the molecule is C[C@H]1CN(CCC(=O)NC(=O)NC23CC4CC(CC(C4)C2)C3)C[C@H](C)O1. The van der Waals surface area contributed by atoms with Crippen molar-refractivity contribution in [2.75, 3.05) is 19.6 Å². The van der Waals surface area contributed by atoms with Crippen LogP contribution in [0.2, 0.25) is 0 Å². The summed E-state index contributed by atoms with van der Waals surface area (Å²) in [6.45, 7) is 6.48. The van der Waals surface area contributed by atoms with Gasteiger partial charge in [0.15, 0.2) is 0 Å². The van der Waals surface area contributed by atoms with Crippen molar-refractivity contribution in [1.29, 1.82) is 0 Å². The van der Waals surface area contributed by atoms with Crippen molar-refractivity contribution >= 4 is 11.9 Å². The molecule has 2 atom stereocenters. The molecule has 4 bridgehead atoms. The van der Waals surface area contributed by atoms with Crippen LogP contribution in [0, 0.1) is 17.8 Å². The summed E-state index contributed by atoms with van der Waals surface area (Å²) in [5.74, 6) is 2.16. The smallest absolute Gasteiger partial charge is 0.321 e. The molecule has 0 unspecified atom stereocenters. The van der Waals surface area contributed by atoms with Gasteiger partial charge in [-0.05, 0) is 70.1 Å². The van der Waals surface area contributed by atoms with Crippen LogP contribution in [-0.2, 0) is 9.53 Å². The molecule has 4 saturated carbocycles. The molecular formula is C20H33N3O3. The Morgan fingerprint density at radius 2 is 1.54 bits per heavy atom. The van der Waals surface area contributed by atoms with Gasteiger partial charge in [-0.2, -0.15) is 0 Å². The molecule has 0 aromatic rings. The summed E-state index contributed by atoms with van der Waals surface area (Å²) in [6, 6.07) is -0.291. The lowest BCUT2D eigenvalue weighted by Crippen LogP contribution is -2.61. The summed E-state index contributed by atoms with van der Waals surface area (Å²) in [7, 11) is 0. The minimum absolute atomic E-state index is 0.0474. The van der Waals surface area contributed by atoms with E-state index in [1.165, 1.54) is 19.3 Å². The lowest BCUT2D eigenvalue weighted by atomic mass is 9.53. The van der Waals surface area contributed by atoms with E-state index in [1.807, 2.05) is 0 Å². The largest absolute Gasteiger partial charge is 0.373 e. The van der Waals surface area contributed by atoms with Crippen molar-refractivity contribution in [3.05, 3.63) is 0 Å². The third kappa shape index (κ3) is 4.06. The van der Waals surface area contributed by atoms with Gasteiger partial charge in [-0.1, -0.05) is 0 Å². The number of ether oxygens (including phenoxy) is 1. The summed E-state index contributed by atoms with van der Waals surface area (Å²) in [5.41, 5.74) is -0.0474. The number of carbonyl (C=O) groups is 2. The molecule has 2 N–H and O–H groups in total. The van der Waals surface area contributed by atoms with Crippen LogP contribution >= 0.6 is 0 Å². The highest BCUT2D eigenvalue weighted by molar-refractivity contribution is 5.94. The Hall–Kier alpha value is -1.14. The first-order valence-corrected chi connectivity index (χ1v) is 10.4. The Morgan fingerprint density at radius 1 is 1.00 bits per heavy atom. The summed E-state index contributed by atoms with van der Waals surface area (Å²) >= 11 is 0. The van der Waals surface area contributed by atoms with E-state index in [1.54, 1.807) is 0 Å². The van der Waals surface area contributed by atoms with Gasteiger partial charge < -0.3 is 10.1 Å². The maximum atomic E-state index is 12.4. The van der Waals surface area contributed by atoms with E-state index in [4.69, 9.17) is 4.74 Å². The molecule has 6 heteroatoms. The maximum absolute atomic E-state index is 12.4. The van der Waals surface area contributed by atoms with Crippen molar-refractivity contribution in [1.82, 2.24) is 15.5 Å². The summed E-state index contributed by atoms with van der Waals surface area (Å²) in [5, 5.41) is 5.77. The van der Waals surface area contributed by atoms with Gasteiger partial charge >= 0.3 is 6.03 Å². The molecule has 4 aliphatic carbocycles. The highest BCUT2D eigenvalue weighted by Gasteiger charge is 2.51. The second-order valence-electron chi connectivity index (χ2n) is 9.47. The van der Waals surface area contributed by atoms with Gasteiger partial charge in [0.1, 0.15) is 0 Å². The zero-order valence-electron chi connectivity index (χ0n) is 16.1. The predicted molar refractivity (Wildman–Crippen MR) is 98.6 cm³/mol. The van der Waals surface area contributed by atoms with Crippen molar-refractivity contribution in [3.63, 3.8) is 0 Å². The molecule has 5 fully saturated rings. The summed E-state index contributed by atoms with van der Waals surface area (Å²) in [4.78, 5) is 26.9. The second kappa shape index (κ2) is 7.12. The Labute approximate surface area is 156 Å². The highest BCUT2D eigenvalue weighted by Crippen LogP contribution is 2.55. The molecule has 146 valence electrons. The van der Waals surface area contributed by atoms with E-state index in [-0.39, 0.29) is 29.7 Å². The Bertz CT molecular complexity index is 519. The van der Waals surface area contributed by atoms with Gasteiger partial charge in [-0.25, -0.2) is 4.79 Å². The van der Waals surface area contributed by atoms with Crippen molar-refractivity contribution < 1.29 is 14.3 Å². The molecule has 26 heavy (non-hydrogen) atoms. The normalized spacial score (nSPS) is 41.8. The number of nitrogens with one attached hydrogen (secondary N) is 2. The highest BCUT2D eigenvalue weighted by atomic mass is 16.5. The molecular weight excluding hydrogens is 330 g/mol. The lowest BCUT2D eigenvalue weighted by Gasteiger charge is -2.56. The Balaban J connectivity index is 1.23. The first kappa shape index (κ1) is 18.2. The minimum atomic E-state index is -0.291. The number of carbonyl (C=O) groups excluding carboxylic acids is 2. The molecule has 1 aliphatic heterocycles. The first-order chi connectivity index (χ1) is 12.4. The number of rotatable bonds is 4. The van der Waals surface area contributed by atoms with Crippen LogP contribution in [0.15, 0.2) is 0 Å². The van der Waals surface area contributed by atoms with E-state index in [9.17, 15) is 9.59 Å². The first-order valence-electron chi connectivity index (χ1n) is 10.4. The number of hydrogen-bond acceptors (Lipinski definition) is 4. The van der Waals surface area contributed by atoms with Crippen LogP contribution in [0.25, 0.3) is 0 Å². The lowest BCUT2D eigenvalue weighted by molar-refractivity contribution is -0.121. The summed E-state index contributed by atoms with van der Waals surface area (Å²) < 4.78 is 5.72. The zero-order valence-corrected chi connectivity index (χ0v) is 16.1. The van der Waals surface area contributed by atoms with E-state index in [0.717, 1.165) is 50.1 Å². The predicted octanol–water partition coefficient (Wildman–Crippen LogP) is 2.28. The molecule has 5 rings (SSSR count). The maximum Gasteiger partial charge on any atom is 0.321 e. The van der Waals surface area contributed by atoms with Crippen LogP contribution in [0.4, 0.5) is 4.79 Å². The van der Waals surface area contributed by atoms with Crippen LogP contribution in [-0.4, -0.2) is 54.2 Å². The number of imide groups is 1. The molecule has 0 aromatic carbocycles. The Kier molecular flexibility index (Phi) is 4.99. The van der Waals surface area contributed by atoms with Gasteiger partial charge in [0.05, 0.1) is 12.2 Å². The molecule has 6 nitrogen and oxygen atoms in total. The second-order valence-corrected chi connectivity index (χ2v) is 9.47. The topological polar surface area (TPSA) is 70.7 Å². The zero-order chi connectivity index (χ0) is 18.3. The number of hydrogen-bond donors (Lipinski definition) is 2. The third-order valence-corrected chi connectivity index (χ3v) is 6.82.